The Bertz CT molecular complexity index is 1420. The maximum absolute atomic E-state index is 13.4. The number of rotatable bonds is 6. The zero-order valence-corrected chi connectivity index (χ0v) is 20.2. The van der Waals surface area contributed by atoms with Crippen LogP contribution >= 0.6 is 11.6 Å². The lowest BCUT2D eigenvalue weighted by atomic mass is 9.99. The molecule has 1 fully saturated rings. The molecule has 2 aliphatic rings. The Balaban J connectivity index is 1.75. The van der Waals surface area contributed by atoms with Crippen LogP contribution in [-0.2, 0) is 13.1 Å². The molecule has 1 aromatic heterocycles. The molecule has 8 nitrogen and oxygen atoms in total. The summed E-state index contributed by atoms with van der Waals surface area (Å²) in [5.74, 6) is -0.493. The standard InChI is InChI=1S/C25H23ClF3N3O5/c26-15-2-3-18-17(10-15)22(21(24(34)35)23(33)32(18)12-25(27,28)29)31(16-5-7-30-8-6-16)11-14-1-4-19-20(9-14)37-13-36-19/h1-4,9-10,16,30H,5-8,11-13H2,(H,34,35). The number of aromatic carboxylic acids is 1. The molecule has 2 aromatic carbocycles. The van der Waals surface area contributed by atoms with E-state index in [0.717, 1.165) is 5.56 Å². The Labute approximate surface area is 214 Å². The third kappa shape index (κ3) is 5.05. The molecule has 1 saturated heterocycles. The number of carbonyl (C=O) groups is 1. The minimum Gasteiger partial charge on any atom is -0.477 e. The molecule has 0 aliphatic carbocycles. The van der Waals surface area contributed by atoms with Crippen LogP contribution in [0.3, 0.4) is 0 Å². The highest BCUT2D eigenvalue weighted by Gasteiger charge is 2.35. The Hall–Kier alpha value is -3.44. The summed E-state index contributed by atoms with van der Waals surface area (Å²) < 4.78 is 51.6. The van der Waals surface area contributed by atoms with Gasteiger partial charge in [-0.1, -0.05) is 17.7 Å². The van der Waals surface area contributed by atoms with E-state index in [1.807, 2.05) is 6.07 Å². The number of piperidine rings is 1. The van der Waals surface area contributed by atoms with Crippen molar-refractivity contribution < 1.29 is 32.5 Å². The maximum Gasteiger partial charge on any atom is 0.406 e. The van der Waals surface area contributed by atoms with Gasteiger partial charge < -0.3 is 24.8 Å². The van der Waals surface area contributed by atoms with Gasteiger partial charge in [0.05, 0.1) is 11.2 Å². The number of carboxylic acid groups (broad SMARTS) is 1. The molecule has 0 saturated carbocycles. The molecule has 0 unspecified atom stereocenters. The van der Waals surface area contributed by atoms with E-state index in [1.165, 1.54) is 18.2 Å². The molecule has 2 aliphatic heterocycles. The normalized spacial score (nSPS) is 15.8. The highest BCUT2D eigenvalue weighted by Crippen LogP contribution is 2.38. The molecule has 12 heteroatoms. The predicted molar refractivity (Wildman–Crippen MR) is 131 cm³/mol. The Morgan fingerprint density at radius 1 is 1.14 bits per heavy atom. The van der Waals surface area contributed by atoms with Gasteiger partial charge in [-0.2, -0.15) is 13.2 Å². The molecule has 3 aromatic rings. The first-order chi connectivity index (χ1) is 17.6. The van der Waals surface area contributed by atoms with Crippen molar-refractivity contribution in [1.29, 1.82) is 0 Å². The second kappa shape index (κ2) is 9.79. The van der Waals surface area contributed by atoms with Crippen LogP contribution in [0.4, 0.5) is 18.9 Å². The van der Waals surface area contributed by atoms with Gasteiger partial charge in [0.2, 0.25) is 6.79 Å². The van der Waals surface area contributed by atoms with Crippen molar-refractivity contribution in [2.75, 3.05) is 24.8 Å². The number of hydrogen-bond donors (Lipinski definition) is 2. The van der Waals surface area contributed by atoms with Gasteiger partial charge in [0, 0.05) is 23.0 Å². The first-order valence-electron chi connectivity index (χ1n) is 11.6. The number of carboxylic acids is 1. The fraction of sp³-hybridized carbons (Fsp3) is 0.360. The van der Waals surface area contributed by atoms with Gasteiger partial charge >= 0.3 is 12.1 Å². The van der Waals surface area contributed by atoms with E-state index >= 15 is 0 Å². The molecule has 196 valence electrons. The lowest BCUT2D eigenvalue weighted by Gasteiger charge is -2.38. The van der Waals surface area contributed by atoms with E-state index in [0.29, 0.717) is 42.0 Å². The SMILES string of the molecule is O=C(O)c1c(N(Cc2ccc3c(c2)OCO3)C2CCNCC2)c2cc(Cl)ccc2n(CC(F)(F)F)c1=O. The summed E-state index contributed by atoms with van der Waals surface area (Å²) >= 11 is 6.25. The fourth-order valence-electron chi connectivity index (χ4n) is 4.99. The molecule has 0 amide bonds. The lowest BCUT2D eigenvalue weighted by molar-refractivity contribution is -0.140. The summed E-state index contributed by atoms with van der Waals surface area (Å²) in [4.78, 5) is 27.7. The van der Waals surface area contributed by atoms with E-state index < -0.39 is 29.8 Å². The summed E-state index contributed by atoms with van der Waals surface area (Å²) in [6.07, 6.45) is -3.47. The zero-order chi connectivity index (χ0) is 26.3. The van der Waals surface area contributed by atoms with Crippen LogP contribution in [0.25, 0.3) is 10.9 Å². The minimum atomic E-state index is -4.74. The average molecular weight is 538 g/mol. The summed E-state index contributed by atoms with van der Waals surface area (Å²) in [5, 5.41) is 13.8. The molecule has 5 rings (SSSR count). The quantitative estimate of drug-likeness (QED) is 0.481. The van der Waals surface area contributed by atoms with Gasteiger partial charge in [-0.15, -0.1) is 0 Å². The van der Waals surface area contributed by atoms with E-state index in [-0.39, 0.29) is 41.0 Å². The number of pyridine rings is 1. The summed E-state index contributed by atoms with van der Waals surface area (Å²) in [6.45, 7) is -0.0322. The van der Waals surface area contributed by atoms with Gasteiger partial charge in [0.15, 0.2) is 11.5 Å². The van der Waals surface area contributed by atoms with Gasteiger partial charge in [0.25, 0.3) is 5.56 Å². The van der Waals surface area contributed by atoms with E-state index in [2.05, 4.69) is 5.32 Å². The summed E-state index contributed by atoms with van der Waals surface area (Å²) in [7, 11) is 0. The molecule has 2 N–H and O–H groups in total. The van der Waals surface area contributed by atoms with E-state index in [9.17, 15) is 27.9 Å². The Morgan fingerprint density at radius 3 is 2.57 bits per heavy atom. The van der Waals surface area contributed by atoms with Crippen molar-refractivity contribution in [1.82, 2.24) is 9.88 Å². The van der Waals surface area contributed by atoms with Crippen molar-refractivity contribution in [3.05, 3.63) is 62.9 Å². The van der Waals surface area contributed by atoms with E-state index in [1.54, 1.807) is 17.0 Å². The van der Waals surface area contributed by atoms with Crippen molar-refractivity contribution in [2.24, 2.45) is 0 Å². The molecule has 37 heavy (non-hydrogen) atoms. The first kappa shape index (κ1) is 25.2. The number of ether oxygens (including phenoxy) is 2. The summed E-state index contributed by atoms with van der Waals surface area (Å²) in [5.41, 5.74) is -1.18. The number of nitrogens with zero attached hydrogens (tertiary/aromatic N) is 2. The number of halogens is 4. The Morgan fingerprint density at radius 2 is 1.86 bits per heavy atom. The number of nitrogens with one attached hydrogen (secondary N) is 1. The van der Waals surface area contributed by atoms with E-state index in [4.69, 9.17) is 21.1 Å². The monoisotopic (exact) mass is 537 g/mol. The van der Waals surface area contributed by atoms with Gasteiger partial charge in [-0.05, 0) is 61.8 Å². The molecule has 3 heterocycles. The lowest BCUT2D eigenvalue weighted by Crippen LogP contribution is -2.45. The van der Waals surface area contributed by atoms with Crippen LogP contribution < -0.4 is 25.2 Å². The first-order valence-corrected chi connectivity index (χ1v) is 12.0. The third-order valence-electron chi connectivity index (χ3n) is 6.58. The van der Waals surface area contributed by atoms with Crippen LogP contribution in [0.2, 0.25) is 5.02 Å². The van der Waals surface area contributed by atoms with Crippen LogP contribution in [0.15, 0.2) is 41.2 Å². The van der Waals surface area contributed by atoms with Crippen LogP contribution in [0.1, 0.15) is 28.8 Å². The Kier molecular flexibility index (Phi) is 6.67. The van der Waals surface area contributed by atoms with Crippen molar-refractivity contribution in [3.8, 4) is 11.5 Å². The van der Waals surface area contributed by atoms with Crippen LogP contribution in [-0.4, -0.2) is 47.7 Å². The highest BCUT2D eigenvalue weighted by atomic mass is 35.5. The molecule has 0 bridgehead atoms. The fourth-order valence-corrected chi connectivity index (χ4v) is 5.16. The number of hydrogen-bond acceptors (Lipinski definition) is 6. The van der Waals surface area contributed by atoms with Crippen molar-refractivity contribution >= 4 is 34.2 Å². The molecule has 0 spiro atoms. The predicted octanol–water partition coefficient (Wildman–Crippen LogP) is 4.40. The second-order valence-electron chi connectivity index (χ2n) is 8.99. The summed E-state index contributed by atoms with van der Waals surface area (Å²) in [6, 6.07) is 9.25. The smallest absolute Gasteiger partial charge is 0.406 e. The van der Waals surface area contributed by atoms with Gasteiger partial charge in [-0.25, -0.2) is 4.79 Å². The largest absolute Gasteiger partial charge is 0.477 e. The number of benzene rings is 2. The number of aromatic nitrogens is 1. The molecule has 0 radical (unpaired) electrons. The maximum atomic E-state index is 13.4. The average Bonchev–Trinajstić information content (AvgIpc) is 3.32. The molecular weight excluding hydrogens is 515 g/mol. The van der Waals surface area contributed by atoms with Gasteiger partial charge in [-0.3, -0.25) is 9.36 Å². The third-order valence-corrected chi connectivity index (χ3v) is 6.81. The molecule has 0 atom stereocenters. The van der Waals surface area contributed by atoms with Crippen molar-refractivity contribution in [3.63, 3.8) is 0 Å². The molecular formula is C25H23ClF3N3O5. The zero-order valence-electron chi connectivity index (χ0n) is 19.5. The highest BCUT2D eigenvalue weighted by molar-refractivity contribution is 6.31. The minimum absolute atomic E-state index is 0.0450. The van der Waals surface area contributed by atoms with Gasteiger partial charge in [0.1, 0.15) is 12.1 Å². The second-order valence-corrected chi connectivity index (χ2v) is 9.43. The number of anilines is 1. The topological polar surface area (TPSA) is 93.0 Å². The number of fused-ring (bicyclic) bond motifs is 2. The van der Waals surface area contributed by atoms with Crippen molar-refractivity contribution in [2.45, 2.75) is 38.1 Å². The van der Waals surface area contributed by atoms with Crippen LogP contribution in [0.5, 0.6) is 11.5 Å². The van der Waals surface area contributed by atoms with Crippen LogP contribution in [0, 0.1) is 0 Å². The number of alkyl halides is 3.